The van der Waals surface area contributed by atoms with Crippen molar-refractivity contribution in [3.05, 3.63) is 29.8 Å². The summed E-state index contributed by atoms with van der Waals surface area (Å²) in [7, 11) is -3.04. The summed E-state index contributed by atoms with van der Waals surface area (Å²) in [5.41, 5.74) is 7.68. The Hall–Kier alpha value is -0.720. The van der Waals surface area contributed by atoms with Gasteiger partial charge in [-0.3, -0.25) is 4.90 Å². The number of benzene rings is 1. The van der Waals surface area contributed by atoms with Crippen LogP contribution in [0.2, 0.25) is 0 Å². The van der Waals surface area contributed by atoms with Crippen molar-refractivity contribution in [2.45, 2.75) is 18.8 Å². The number of anilines is 1. The molecule has 0 saturated carbocycles. The van der Waals surface area contributed by atoms with Gasteiger partial charge in [0.1, 0.15) is 5.37 Å². The Morgan fingerprint density at radius 1 is 1.42 bits per heavy atom. The fraction of sp³-hybridized carbons (Fsp3) is 0.538. The number of sulfone groups is 1. The van der Waals surface area contributed by atoms with Gasteiger partial charge in [0.2, 0.25) is 0 Å². The quantitative estimate of drug-likeness (QED) is 0.855. The minimum atomic E-state index is -3.04. The van der Waals surface area contributed by atoms with Crippen molar-refractivity contribution in [1.82, 2.24) is 4.90 Å². The van der Waals surface area contributed by atoms with Crippen LogP contribution in [0.1, 0.15) is 12.5 Å². The standard InChI is InChI=1S/C13H20N2O2S2/c1-2-19(16,17)13-10-18-8-7-15(13)9-11-5-3-4-6-12(11)14/h3-6,13H,2,7-10,14H2,1H3. The van der Waals surface area contributed by atoms with E-state index in [-0.39, 0.29) is 11.1 Å². The summed E-state index contributed by atoms with van der Waals surface area (Å²) in [6.07, 6.45) is 0. The summed E-state index contributed by atoms with van der Waals surface area (Å²) in [6.45, 7) is 3.11. The summed E-state index contributed by atoms with van der Waals surface area (Å²) >= 11 is 1.71. The number of thioether (sulfide) groups is 1. The molecule has 1 aromatic rings. The van der Waals surface area contributed by atoms with Gasteiger partial charge in [0.25, 0.3) is 0 Å². The summed E-state index contributed by atoms with van der Waals surface area (Å²) < 4.78 is 24.3. The molecule has 0 spiro atoms. The molecule has 0 radical (unpaired) electrons. The minimum Gasteiger partial charge on any atom is -0.398 e. The molecule has 19 heavy (non-hydrogen) atoms. The second-order valence-electron chi connectivity index (χ2n) is 4.65. The van der Waals surface area contributed by atoms with E-state index in [0.717, 1.165) is 23.5 Å². The molecular weight excluding hydrogens is 280 g/mol. The normalized spacial score (nSPS) is 21.4. The van der Waals surface area contributed by atoms with E-state index in [1.165, 1.54) is 0 Å². The molecule has 2 N–H and O–H groups in total. The third-order valence-corrected chi connectivity index (χ3v) is 6.77. The van der Waals surface area contributed by atoms with Gasteiger partial charge in [-0.2, -0.15) is 11.8 Å². The molecule has 1 fully saturated rings. The van der Waals surface area contributed by atoms with Gasteiger partial charge in [0.05, 0.1) is 0 Å². The zero-order valence-electron chi connectivity index (χ0n) is 11.1. The van der Waals surface area contributed by atoms with E-state index in [0.29, 0.717) is 12.3 Å². The summed E-state index contributed by atoms with van der Waals surface area (Å²) in [4.78, 5) is 2.04. The van der Waals surface area contributed by atoms with E-state index in [2.05, 4.69) is 0 Å². The largest absolute Gasteiger partial charge is 0.398 e. The van der Waals surface area contributed by atoms with Crippen LogP contribution in [-0.2, 0) is 16.4 Å². The highest BCUT2D eigenvalue weighted by atomic mass is 32.2. The van der Waals surface area contributed by atoms with Crippen molar-refractivity contribution in [2.75, 3.05) is 29.5 Å². The molecule has 0 aromatic heterocycles. The maximum atomic E-state index is 12.2. The Kier molecular flexibility index (Phi) is 4.76. The first-order valence-corrected chi connectivity index (χ1v) is 9.28. The third-order valence-electron chi connectivity index (χ3n) is 3.44. The average molecular weight is 300 g/mol. The highest BCUT2D eigenvalue weighted by molar-refractivity contribution is 8.01. The Morgan fingerprint density at radius 2 is 2.16 bits per heavy atom. The highest BCUT2D eigenvalue weighted by Crippen LogP contribution is 2.24. The molecule has 4 nitrogen and oxygen atoms in total. The van der Waals surface area contributed by atoms with Crippen LogP contribution in [0.4, 0.5) is 5.69 Å². The van der Waals surface area contributed by atoms with Gasteiger partial charge >= 0.3 is 0 Å². The lowest BCUT2D eigenvalue weighted by atomic mass is 10.1. The lowest BCUT2D eigenvalue weighted by molar-refractivity contribution is 0.262. The second-order valence-corrected chi connectivity index (χ2v) is 8.25. The van der Waals surface area contributed by atoms with Gasteiger partial charge in [-0.15, -0.1) is 0 Å². The topological polar surface area (TPSA) is 63.4 Å². The highest BCUT2D eigenvalue weighted by Gasteiger charge is 2.32. The van der Waals surface area contributed by atoms with Crippen LogP contribution < -0.4 is 5.73 Å². The van der Waals surface area contributed by atoms with Crippen LogP contribution in [0.5, 0.6) is 0 Å². The van der Waals surface area contributed by atoms with E-state index < -0.39 is 9.84 Å². The van der Waals surface area contributed by atoms with Crippen LogP contribution in [0.25, 0.3) is 0 Å². The van der Waals surface area contributed by atoms with Crippen LogP contribution in [0.3, 0.4) is 0 Å². The molecule has 2 rings (SSSR count). The molecule has 106 valence electrons. The zero-order valence-corrected chi connectivity index (χ0v) is 12.7. The molecule has 1 heterocycles. The molecule has 1 aliphatic heterocycles. The first-order chi connectivity index (χ1) is 9.04. The molecule has 1 aromatic carbocycles. The Labute approximate surface area is 119 Å². The van der Waals surface area contributed by atoms with Crippen molar-refractivity contribution in [1.29, 1.82) is 0 Å². The van der Waals surface area contributed by atoms with Crippen LogP contribution in [-0.4, -0.2) is 42.5 Å². The van der Waals surface area contributed by atoms with Crippen LogP contribution >= 0.6 is 11.8 Å². The number of hydrogen-bond acceptors (Lipinski definition) is 5. The molecule has 0 amide bonds. The summed E-state index contributed by atoms with van der Waals surface area (Å²) in [5.74, 6) is 1.82. The SMILES string of the molecule is CCS(=O)(=O)C1CSCCN1Cc1ccccc1N. The fourth-order valence-corrected chi connectivity index (χ4v) is 5.30. The average Bonchev–Trinajstić information content (AvgIpc) is 2.42. The minimum absolute atomic E-state index is 0.193. The van der Waals surface area contributed by atoms with Gasteiger partial charge in [0.15, 0.2) is 9.84 Å². The number of hydrogen-bond donors (Lipinski definition) is 1. The predicted octanol–water partition coefficient (Wildman–Crippen LogP) is 1.58. The molecule has 0 bridgehead atoms. The van der Waals surface area contributed by atoms with Crippen molar-refractivity contribution in [2.24, 2.45) is 0 Å². The van der Waals surface area contributed by atoms with E-state index in [1.54, 1.807) is 18.7 Å². The lowest BCUT2D eigenvalue weighted by Gasteiger charge is -2.34. The molecule has 6 heteroatoms. The van der Waals surface area contributed by atoms with Gasteiger partial charge < -0.3 is 5.73 Å². The van der Waals surface area contributed by atoms with Crippen molar-refractivity contribution >= 4 is 27.3 Å². The van der Waals surface area contributed by atoms with Gasteiger partial charge in [-0.05, 0) is 11.6 Å². The van der Waals surface area contributed by atoms with Gasteiger partial charge in [-0.25, -0.2) is 8.42 Å². The monoisotopic (exact) mass is 300 g/mol. The summed E-state index contributed by atoms with van der Waals surface area (Å²) in [5, 5.41) is -0.379. The first kappa shape index (κ1) is 14.7. The second kappa shape index (κ2) is 6.15. The molecular formula is C13H20N2O2S2. The van der Waals surface area contributed by atoms with E-state index in [1.807, 2.05) is 29.2 Å². The molecule has 0 aliphatic carbocycles. The molecule has 1 saturated heterocycles. The molecule has 1 aliphatic rings. The van der Waals surface area contributed by atoms with E-state index >= 15 is 0 Å². The summed E-state index contributed by atoms with van der Waals surface area (Å²) in [6, 6.07) is 7.66. The number of nitrogen functional groups attached to an aromatic ring is 1. The van der Waals surface area contributed by atoms with E-state index in [9.17, 15) is 8.42 Å². The Bertz CT molecular complexity index is 531. The zero-order chi connectivity index (χ0) is 13.9. The predicted molar refractivity (Wildman–Crippen MR) is 81.8 cm³/mol. The van der Waals surface area contributed by atoms with E-state index in [4.69, 9.17) is 5.73 Å². The third kappa shape index (κ3) is 3.43. The Balaban J connectivity index is 2.19. The number of para-hydroxylation sites is 1. The van der Waals surface area contributed by atoms with Crippen molar-refractivity contribution in [3.8, 4) is 0 Å². The fourth-order valence-electron chi connectivity index (χ4n) is 2.22. The number of nitrogens with zero attached hydrogens (tertiary/aromatic N) is 1. The number of nitrogens with two attached hydrogens (primary N) is 1. The van der Waals surface area contributed by atoms with Crippen molar-refractivity contribution < 1.29 is 8.42 Å². The first-order valence-electron chi connectivity index (χ1n) is 6.41. The number of rotatable bonds is 4. The van der Waals surface area contributed by atoms with Crippen molar-refractivity contribution in [3.63, 3.8) is 0 Å². The van der Waals surface area contributed by atoms with Crippen LogP contribution in [0.15, 0.2) is 24.3 Å². The maximum absolute atomic E-state index is 12.2. The van der Waals surface area contributed by atoms with Gasteiger partial charge in [0, 0.05) is 36.0 Å². The lowest BCUT2D eigenvalue weighted by Crippen LogP contribution is -2.47. The van der Waals surface area contributed by atoms with Crippen LogP contribution in [0, 0.1) is 0 Å². The Morgan fingerprint density at radius 3 is 2.84 bits per heavy atom. The maximum Gasteiger partial charge on any atom is 0.166 e. The smallest absolute Gasteiger partial charge is 0.166 e. The van der Waals surface area contributed by atoms with Gasteiger partial charge in [-0.1, -0.05) is 25.1 Å². The molecule has 1 atom stereocenters. The molecule has 1 unspecified atom stereocenters.